The molecule has 0 aliphatic rings. The lowest BCUT2D eigenvalue weighted by atomic mass is 10.2. The minimum atomic E-state index is -1.04. The van der Waals surface area contributed by atoms with Crippen LogP contribution in [0.5, 0.6) is 5.75 Å². The Morgan fingerprint density at radius 3 is 2.44 bits per heavy atom. The van der Waals surface area contributed by atoms with Gasteiger partial charge in [-0.2, -0.15) is 0 Å². The van der Waals surface area contributed by atoms with Crippen LogP contribution in [0.2, 0.25) is 0 Å². The van der Waals surface area contributed by atoms with Crippen molar-refractivity contribution in [1.82, 2.24) is 0 Å². The fourth-order valence-corrected chi connectivity index (χ4v) is 1.28. The lowest BCUT2D eigenvalue weighted by molar-refractivity contribution is -0.154. The molecule has 1 rings (SSSR count). The number of hydrogen-bond donors (Lipinski definition) is 1. The van der Waals surface area contributed by atoms with E-state index in [-0.39, 0.29) is 11.7 Å². The predicted octanol–water partition coefficient (Wildman–Crippen LogP) is 2.10. The number of carbonyl (C=O) groups excluding carboxylic acids is 1. The highest BCUT2D eigenvalue weighted by atomic mass is 16.6. The second-order valence-electron chi connectivity index (χ2n) is 4.08. The van der Waals surface area contributed by atoms with E-state index in [2.05, 4.69) is 0 Å². The Hall–Kier alpha value is -2.04. The Balaban J connectivity index is 2.69. The van der Waals surface area contributed by atoms with Crippen LogP contribution >= 0.6 is 0 Å². The van der Waals surface area contributed by atoms with E-state index in [1.54, 1.807) is 32.9 Å². The zero-order valence-electron chi connectivity index (χ0n) is 10.5. The highest BCUT2D eigenvalue weighted by molar-refractivity contribution is 5.88. The molecule has 0 aromatic heterocycles. The minimum Gasteiger partial charge on any atom is -0.479 e. The van der Waals surface area contributed by atoms with E-state index in [0.29, 0.717) is 5.75 Å². The van der Waals surface area contributed by atoms with Crippen LogP contribution in [0.15, 0.2) is 24.3 Å². The Morgan fingerprint density at radius 2 is 1.89 bits per heavy atom. The number of carboxylic acids is 1. The molecule has 0 aliphatic carbocycles. The summed E-state index contributed by atoms with van der Waals surface area (Å²) in [5.41, 5.74) is 0.108. The van der Waals surface area contributed by atoms with Crippen molar-refractivity contribution < 1.29 is 24.2 Å². The summed E-state index contributed by atoms with van der Waals surface area (Å²) in [5.74, 6) is -1.20. The average Bonchev–Trinajstić information content (AvgIpc) is 2.28. The van der Waals surface area contributed by atoms with Crippen molar-refractivity contribution >= 4 is 11.9 Å². The van der Waals surface area contributed by atoms with Gasteiger partial charge in [-0.1, -0.05) is 6.07 Å². The molecule has 1 aromatic carbocycles. The van der Waals surface area contributed by atoms with Gasteiger partial charge in [0.2, 0.25) is 0 Å². The van der Waals surface area contributed by atoms with Crippen molar-refractivity contribution in [3.8, 4) is 5.75 Å². The van der Waals surface area contributed by atoms with E-state index in [1.165, 1.54) is 12.1 Å². The molecule has 98 valence electrons. The van der Waals surface area contributed by atoms with Crippen LogP contribution < -0.4 is 4.74 Å². The number of hydrogen-bond acceptors (Lipinski definition) is 4. The molecule has 18 heavy (non-hydrogen) atoms. The molecular weight excluding hydrogens is 236 g/mol. The summed E-state index contributed by atoms with van der Waals surface area (Å²) in [7, 11) is 0. The normalized spacial score (nSPS) is 12.0. The zero-order valence-corrected chi connectivity index (χ0v) is 10.5. The van der Waals surface area contributed by atoms with Gasteiger partial charge >= 0.3 is 11.9 Å². The monoisotopic (exact) mass is 252 g/mol. The van der Waals surface area contributed by atoms with Gasteiger partial charge in [0.05, 0.1) is 11.7 Å². The first-order valence-electron chi connectivity index (χ1n) is 5.60. The number of carboxylic acid groups (broad SMARTS) is 1. The molecule has 0 radical (unpaired) electrons. The van der Waals surface area contributed by atoms with Gasteiger partial charge in [0, 0.05) is 0 Å². The Labute approximate surface area is 105 Å². The molecular formula is C13H16O5. The molecule has 0 amide bonds. The fraction of sp³-hybridized carbons (Fsp3) is 0.385. The lowest BCUT2D eigenvalue weighted by Crippen LogP contribution is -2.28. The van der Waals surface area contributed by atoms with Crippen molar-refractivity contribution in [2.75, 3.05) is 0 Å². The van der Waals surface area contributed by atoms with Crippen LogP contribution in [0.25, 0.3) is 0 Å². The fourth-order valence-electron chi connectivity index (χ4n) is 1.28. The number of ether oxygens (including phenoxy) is 2. The van der Waals surface area contributed by atoms with Crippen molar-refractivity contribution in [2.24, 2.45) is 0 Å². The van der Waals surface area contributed by atoms with Crippen molar-refractivity contribution in [1.29, 1.82) is 0 Å². The largest absolute Gasteiger partial charge is 0.479 e. The molecule has 1 atom stereocenters. The number of aromatic carboxylic acids is 1. The third-order valence-corrected chi connectivity index (χ3v) is 2.08. The lowest BCUT2D eigenvalue weighted by Gasteiger charge is -2.15. The molecule has 0 saturated carbocycles. The van der Waals surface area contributed by atoms with Gasteiger partial charge in [-0.25, -0.2) is 9.59 Å². The van der Waals surface area contributed by atoms with Crippen molar-refractivity contribution in [3.05, 3.63) is 29.8 Å². The number of carbonyl (C=O) groups is 2. The molecule has 1 aromatic rings. The SMILES string of the molecule is CC(C)OC(=O)C(C)Oc1cccc(C(=O)O)c1. The van der Waals surface area contributed by atoms with Crippen molar-refractivity contribution in [3.63, 3.8) is 0 Å². The van der Waals surface area contributed by atoms with E-state index in [4.69, 9.17) is 14.6 Å². The number of esters is 1. The molecule has 0 spiro atoms. The van der Waals surface area contributed by atoms with Crippen LogP contribution in [0.1, 0.15) is 31.1 Å². The van der Waals surface area contributed by atoms with Crippen LogP contribution in [0.4, 0.5) is 0 Å². The molecule has 1 unspecified atom stereocenters. The van der Waals surface area contributed by atoms with Gasteiger partial charge in [-0.3, -0.25) is 0 Å². The summed E-state index contributed by atoms with van der Waals surface area (Å²) in [6.45, 7) is 5.05. The first kappa shape index (κ1) is 14.0. The molecule has 0 saturated heterocycles. The smallest absolute Gasteiger partial charge is 0.347 e. The first-order chi connectivity index (χ1) is 8.40. The summed E-state index contributed by atoms with van der Waals surface area (Å²) >= 11 is 0. The van der Waals surface area contributed by atoms with E-state index in [0.717, 1.165) is 0 Å². The molecule has 0 heterocycles. The second kappa shape index (κ2) is 6.05. The standard InChI is InChI=1S/C13H16O5/c1-8(2)17-13(16)9(3)18-11-6-4-5-10(7-11)12(14)15/h4-9H,1-3H3,(H,14,15). The molecule has 5 heteroatoms. The van der Waals surface area contributed by atoms with E-state index in [9.17, 15) is 9.59 Å². The maximum Gasteiger partial charge on any atom is 0.347 e. The highest BCUT2D eigenvalue weighted by Crippen LogP contribution is 2.15. The van der Waals surface area contributed by atoms with Crippen molar-refractivity contribution in [2.45, 2.75) is 33.0 Å². The quantitative estimate of drug-likeness (QED) is 0.812. The second-order valence-corrected chi connectivity index (χ2v) is 4.08. The van der Waals surface area contributed by atoms with Gasteiger partial charge < -0.3 is 14.6 Å². The summed E-state index contributed by atoms with van der Waals surface area (Å²) in [6.07, 6.45) is -0.995. The maximum absolute atomic E-state index is 11.5. The minimum absolute atomic E-state index is 0.108. The van der Waals surface area contributed by atoms with Gasteiger partial charge in [-0.05, 0) is 39.0 Å². The predicted molar refractivity (Wildman–Crippen MR) is 64.7 cm³/mol. The van der Waals surface area contributed by atoms with Crippen LogP contribution in [-0.2, 0) is 9.53 Å². The first-order valence-corrected chi connectivity index (χ1v) is 5.60. The molecule has 5 nitrogen and oxygen atoms in total. The topological polar surface area (TPSA) is 72.8 Å². The van der Waals surface area contributed by atoms with Gasteiger partial charge in [0.25, 0.3) is 0 Å². The zero-order chi connectivity index (χ0) is 13.7. The molecule has 0 bridgehead atoms. The molecule has 1 N–H and O–H groups in total. The Kier molecular flexibility index (Phi) is 4.71. The number of rotatable bonds is 5. The van der Waals surface area contributed by atoms with Gasteiger partial charge in [0.15, 0.2) is 6.10 Å². The summed E-state index contributed by atoms with van der Waals surface area (Å²) in [6, 6.07) is 5.96. The highest BCUT2D eigenvalue weighted by Gasteiger charge is 2.18. The van der Waals surface area contributed by atoms with Crippen LogP contribution in [0.3, 0.4) is 0 Å². The van der Waals surface area contributed by atoms with Gasteiger partial charge in [0.1, 0.15) is 5.75 Å². The van der Waals surface area contributed by atoms with Crippen LogP contribution in [-0.4, -0.2) is 29.3 Å². The van der Waals surface area contributed by atoms with Crippen LogP contribution in [0, 0.1) is 0 Å². The van der Waals surface area contributed by atoms with E-state index >= 15 is 0 Å². The van der Waals surface area contributed by atoms with E-state index < -0.39 is 18.0 Å². The summed E-state index contributed by atoms with van der Waals surface area (Å²) in [4.78, 5) is 22.3. The Morgan fingerprint density at radius 1 is 1.22 bits per heavy atom. The summed E-state index contributed by atoms with van der Waals surface area (Å²) < 4.78 is 10.3. The third kappa shape index (κ3) is 4.08. The van der Waals surface area contributed by atoms with Gasteiger partial charge in [-0.15, -0.1) is 0 Å². The maximum atomic E-state index is 11.5. The summed E-state index contributed by atoms with van der Waals surface area (Å²) in [5, 5.41) is 8.82. The molecule has 0 aliphatic heterocycles. The Bertz CT molecular complexity index is 439. The molecule has 0 fully saturated rings. The third-order valence-electron chi connectivity index (χ3n) is 2.08. The average molecular weight is 252 g/mol. The van der Waals surface area contributed by atoms with E-state index in [1.807, 2.05) is 0 Å². The number of benzene rings is 1.